The third-order valence-electron chi connectivity index (χ3n) is 3.70. The summed E-state index contributed by atoms with van der Waals surface area (Å²) < 4.78 is 12.4. The summed E-state index contributed by atoms with van der Waals surface area (Å²) in [5.41, 5.74) is -0.473. The van der Waals surface area contributed by atoms with Gasteiger partial charge in [0.1, 0.15) is 17.0 Å². The molecule has 26 heavy (non-hydrogen) atoms. The Labute approximate surface area is 155 Å². The molecule has 1 aromatic heterocycles. The Morgan fingerprint density at radius 2 is 1.73 bits per heavy atom. The van der Waals surface area contributed by atoms with E-state index in [2.05, 4.69) is 4.98 Å². The maximum atomic E-state index is 12.5. The van der Waals surface area contributed by atoms with E-state index in [9.17, 15) is 9.59 Å². The van der Waals surface area contributed by atoms with Gasteiger partial charge < -0.3 is 14.4 Å². The lowest BCUT2D eigenvalue weighted by Crippen LogP contribution is -2.36. The van der Waals surface area contributed by atoms with Gasteiger partial charge in [-0.1, -0.05) is 0 Å². The van der Waals surface area contributed by atoms with Gasteiger partial charge in [0.25, 0.3) is 0 Å². The summed E-state index contributed by atoms with van der Waals surface area (Å²) in [7, 11) is 0. The Morgan fingerprint density at radius 1 is 1.15 bits per heavy atom. The van der Waals surface area contributed by atoms with Crippen molar-refractivity contribution in [2.45, 2.75) is 85.0 Å². The van der Waals surface area contributed by atoms with Crippen LogP contribution in [0.4, 0.5) is 9.59 Å². The molecule has 2 rings (SSSR count). The molecule has 1 heterocycles. The van der Waals surface area contributed by atoms with E-state index in [1.807, 2.05) is 48.5 Å². The lowest BCUT2D eigenvalue weighted by atomic mass is 10.2. The molecule has 1 aromatic rings. The fourth-order valence-corrected chi connectivity index (χ4v) is 2.44. The first kappa shape index (κ1) is 20.3. The summed E-state index contributed by atoms with van der Waals surface area (Å²) in [6.07, 6.45) is 2.89. The van der Waals surface area contributed by atoms with Crippen LogP contribution in [0.1, 0.15) is 78.7 Å². The van der Waals surface area contributed by atoms with Gasteiger partial charge in [-0.05, 0) is 61.3 Å². The molecule has 1 amide bonds. The van der Waals surface area contributed by atoms with Crippen LogP contribution in [-0.4, -0.2) is 44.4 Å². The zero-order chi connectivity index (χ0) is 19.7. The minimum atomic E-state index is -0.575. The van der Waals surface area contributed by atoms with Crippen LogP contribution >= 0.6 is 0 Å². The van der Waals surface area contributed by atoms with Crippen molar-refractivity contribution < 1.29 is 19.1 Å². The number of amides is 1. The highest BCUT2D eigenvalue weighted by Gasteiger charge is 2.33. The summed E-state index contributed by atoms with van der Waals surface area (Å²) in [4.78, 5) is 31.0. The van der Waals surface area contributed by atoms with Crippen molar-refractivity contribution in [3.05, 3.63) is 17.7 Å². The molecule has 7 nitrogen and oxygen atoms in total. The van der Waals surface area contributed by atoms with E-state index in [1.54, 1.807) is 11.1 Å². The van der Waals surface area contributed by atoms with Crippen molar-refractivity contribution in [3.63, 3.8) is 0 Å². The second kappa shape index (κ2) is 7.29. The number of nitrogens with zero attached hydrogens (tertiary/aromatic N) is 3. The first-order chi connectivity index (χ1) is 11.9. The van der Waals surface area contributed by atoms with Crippen LogP contribution in [0.3, 0.4) is 0 Å². The van der Waals surface area contributed by atoms with Crippen LogP contribution in [0.5, 0.6) is 0 Å². The summed E-state index contributed by atoms with van der Waals surface area (Å²) in [6, 6.07) is 0. The number of hydrogen-bond donors (Lipinski definition) is 0. The normalized spacial score (nSPS) is 14.9. The van der Waals surface area contributed by atoms with Gasteiger partial charge in [-0.2, -0.15) is 0 Å². The molecule has 1 fully saturated rings. The third-order valence-corrected chi connectivity index (χ3v) is 3.70. The first-order valence-corrected chi connectivity index (χ1v) is 9.19. The lowest BCUT2D eigenvalue weighted by Gasteiger charge is -2.26. The molecule has 0 spiro atoms. The number of carbonyl (C=O) groups excluding carboxylic acids is 2. The van der Waals surface area contributed by atoms with Gasteiger partial charge in [-0.3, -0.25) is 0 Å². The number of hydrogen-bond acceptors (Lipinski definition) is 5. The highest BCUT2D eigenvalue weighted by Crippen LogP contribution is 2.39. The fraction of sp³-hybridized carbons (Fsp3) is 0.737. The van der Waals surface area contributed by atoms with E-state index in [4.69, 9.17) is 9.47 Å². The first-order valence-electron chi connectivity index (χ1n) is 9.19. The standard InChI is InChI=1S/C19H31N3O4/c1-8-21(16(23)25-18(2,3)4)11-14-12-22(15(20-14)13-9-10-13)17(24)26-19(5,6)7/h12-13H,8-11H2,1-7H3. The van der Waals surface area contributed by atoms with Crippen LogP contribution in [-0.2, 0) is 16.0 Å². The number of carbonyl (C=O) groups is 2. The molecule has 0 atom stereocenters. The molecule has 1 saturated carbocycles. The van der Waals surface area contributed by atoms with Gasteiger partial charge in [-0.25, -0.2) is 19.1 Å². The van der Waals surface area contributed by atoms with Crippen molar-refractivity contribution in [1.82, 2.24) is 14.5 Å². The van der Waals surface area contributed by atoms with Gasteiger partial charge in [0, 0.05) is 18.7 Å². The molecule has 0 saturated heterocycles. The molecule has 7 heteroatoms. The third kappa shape index (κ3) is 5.75. The van der Waals surface area contributed by atoms with Gasteiger partial charge in [0.2, 0.25) is 0 Å². The highest BCUT2D eigenvalue weighted by molar-refractivity contribution is 5.72. The van der Waals surface area contributed by atoms with E-state index >= 15 is 0 Å². The van der Waals surface area contributed by atoms with Crippen molar-refractivity contribution in [3.8, 4) is 0 Å². The smallest absolute Gasteiger partial charge is 0.420 e. The molecule has 0 N–H and O–H groups in total. The molecule has 1 aliphatic rings. The zero-order valence-electron chi connectivity index (χ0n) is 17.0. The average molecular weight is 365 g/mol. The number of aromatic nitrogens is 2. The van der Waals surface area contributed by atoms with Gasteiger partial charge in [0.15, 0.2) is 0 Å². The van der Waals surface area contributed by atoms with E-state index in [0.717, 1.165) is 18.7 Å². The largest absolute Gasteiger partial charge is 0.444 e. The number of rotatable bonds is 4. The van der Waals surface area contributed by atoms with E-state index in [-0.39, 0.29) is 12.0 Å². The van der Waals surface area contributed by atoms with Gasteiger partial charge in [0.05, 0.1) is 12.2 Å². The Kier molecular flexibility index (Phi) is 5.68. The van der Waals surface area contributed by atoms with Crippen molar-refractivity contribution >= 4 is 12.2 Å². The Bertz CT molecular complexity index is 663. The minimum absolute atomic E-state index is 0.285. The van der Waals surface area contributed by atoms with Crippen LogP contribution < -0.4 is 0 Å². The van der Waals surface area contributed by atoms with Crippen molar-refractivity contribution in [1.29, 1.82) is 0 Å². The van der Waals surface area contributed by atoms with Crippen molar-refractivity contribution in [2.75, 3.05) is 6.54 Å². The van der Waals surface area contributed by atoms with Crippen LogP contribution in [0, 0.1) is 0 Å². The quantitative estimate of drug-likeness (QED) is 0.795. The van der Waals surface area contributed by atoms with E-state index in [1.165, 1.54) is 4.57 Å². The summed E-state index contributed by atoms with van der Waals surface area (Å²) >= 11 is 0. The number of ether oxygens (including phenoxy) is 2. The molecule has 1 aliphatic carbocycles. The zero-order valence-corrected chi connectivity index (χ0v) is 17.0. The molecule has 0 radical (unpaired) electrons. The maximum absolute atomic E-state index is 12.5. The molecule has 146 valence electrons. The van der Waals surface area contributed by atoms with Crippen molar-refractivity contribution in [2.24, 2.45) is 0 Å². The lowest BCUT2D eigenvalue weighted by molar-refractivity contribution is 0.0242. The Hall–Kier alpha value is -2.05. The second-order valence-corrected chi connectivity index (χ2v) is 8.71. The topological polar surface area (TPSA) is 73.7 Å². The van der Waals surface area contributed by atoms with Crippen LogP contribution in [0.15, 0.2) is 6.20 Å². The predicted molar refractivity (Wildman–Crippen MR) is 98.2 cm³/mol. The van der Waals surface area contributed by atoms with Gasteiger partial charge >= 0.3 is 12.2 Å². The Morgan fingerprint density at radius 3 is 2.19 bits per heavy atom. The molecular weight excluding hydrogens is 334 g/mol. The van der Waals surface area contributed by atoms with Crippen LogP contribution in [0.2, 0.25) is 0 Å². The molecule has 0 unspecified atom stereocenters. The minimum Gasteiger partial charge on any atom is -0.444 e. The SMILES string of the molecule is CCN(Cc1cn(C(=O)OC(C)(C)C)c(C2CC2)n1)C(=O)OC(C)(C)C. The van der Waals surface area contributed by atoms with E-state index < -0.39 is 17.3 Å². The number of imidazole rings is 1. The van der Waals surface area contributed by atoms with Gasteiger partial charge in [-0.15, -0.1) is 0 Å². The average Bonchev–Trinajstić information content (AvgIpc) is 3.21. The summed E-state index contributed by atoms with van der Waals surface area (Å²) in [5, 5.41) is 0. The maximum Gasteiger partial charge on any atom is 0.420 e. The highest BCUT2D eigenvalue weighted by atomic mass is 16.6. The van der Waals surface area contributed by atoms with E-state index in [0.29, 0.717) is 18.8 Å². The monoisotopic (exact) mass is 365 g/mol. The summed E-state index contributed by atoms with van der Waals surface area (Å²) in [6.45, 7) is 13.7. The predicted octanol–water partition coefficient (Wildman–Crippen LogP) is 4.30. The summed E-state index contributed by atoms with van der Waals surface area (Å²) in [5.74, 6) is 1.00. The fourth-order valence-electron chi connectivity index (χ4n) is 2.44. The second-order valence-electron chi connectivity index (χ2n) is 8.71. The molecular formula is C19H31N3O4. The Balaban J connectivity index is 2.18. The molecule has 0 aliphatic heterocycles. The van der Waals surface area contributed by atoms with Crippen LogP contribution in [0.25, 0.3) is 0 Å². The molecule has 0 aromatic carbocycles. The molecule has 0 bridgehead atoms.